The maximum Gasteiger partial charge on any atom is 0.127 e. The van der Waals surface area contributed by atoms with Gasteiger partial charge in [-0.05, 0) is 37.7 Å². The Kier molecular flexibility index (Phi) is 9.09. The number of hydrogen-bond donors (Lipinski definition) is 2. The normalized spacial score (nSPS) is 16.3. The monoisotopic (exact) mass is 431 g/mol. The fourth-order valence-corrected chi connectivity index (χ4v) is 3.66. The molecular weight excluding hydrogens is 397 g/mol. The third kappa shape index (κ3) is 7.47. The fraction of sp³-hybridized carbons (Fsp3) is 0.500. The molecule has 1 aliphatic rings. The van der Waals surface area contributed by atoms with Gasteiger partial charge in [0.1, 0.15) is 30.0 Å². The van der Waals surface area contributed by atoms with Crippen LogP contribution < -0.4 is 14.8 Å². The lowest BCUT2D eigenvalue weighted by molar-refractivity contribution is 0.0501. The SMILES string of the molecule is COc1ccc(CNCCc2ccccc2F)c(OC[C@@H](O)CN2CCN(C)CC2)c1. The van der Waals surface area contributed by atoms with Gasteiger partial charge < -0.3 is 24.8 Å². The summed E-state index contributed by atoms with van der Waals surface area (Å²) in [5.41, 5.74) is 1.68. The van der Waals surface area contributed by atoms with Crippen molar-refractivity contribution in [3.05, 3.63) is 59.4 Å². The van der Waals surface area contributed by atoms with Crippen LogP contribution in [0.3, 0.4) is 0 Å². The number of β-amino-alcohol motifs (C(OH)–C–C–N with tert-alkyl or cyclic N) is 1. The minimum atomic E-state index is -0.559. The van der Waals surface area contributed by atoms with Gasteiger partial charge in [0.15, 0.2) is 0 Å². The Balaban J connectivity index is 1.50. The van der Waals surface area contributed by atoms with Gasteiger partial charge in [0, 0.05) is 50.9 Å². The molecule has 2 aromatic carbocycles. The number of ether oxygens (including phenoxy) is 2. The first-order valence-electron chi connectivity index (χ1n) is 10.9. The Morgan fingerprint density at radius 3 is 2.61 bits per heavy atom. The van der Waals surface area contributed by atoms with Crippen LogP contribution in [-0.2, 0) is 13.0 Å². The van der Waals surface area contributed by atoms with Crippen molar-refractivity contribution in [2.45, 2.75) is 19.1 Å². The van der Waals surface area contributed by atoms with Gasteiger partial charge in [0.2, 0.25) is 0 Å². The van der Waals surface area contributed by atoms with Gasteiger partial charge in [-0.25, -0.2) is 4.39 Å². The lowest BCUT2D eigenvalue weighted by atomic mass is 10.1. The van der Waals surface area contributed by atoms with Crippen molar-refractivity contribution in [1.29, 1.82) is 0 Å². The van der Waals surface area contributed by atoms with Crippen LogP contribution in [0.25, 0.3) is 0 Å². The van der Waals surface area contributed by atoms with E-state index in [4.69, 9.17) is 9.47 Å². The second-order valence-electron chi connectivity index (χ2n) is 8.06. The predicted molar refractivity (Wildman–Crippen MR) is 120 cm³/mol. The minimum absolute atomic E-state index is 0.174. The van der Waals surface area contributed by atoms with Crippen LogP contribution in [0, 0.1) is 5.82 Å². The van der Waals surface area contributed by atoms with E-state index in [0.717, 1.165) is 31.7 Å². The van der Waals surface area contributed by atoms with E-state index in [0.29, 0.717) is 43.1 Å². The van der Waals surface area contributed by atoms with E-state index in [-0.39, 0.29) is 12.4 Å². The topological polar surface area (TPSA) is 57.2 Å². The Morgan fingerprint density at radius 2 is 1.87 bits per heavy atom. The summed E-state index contributed by atoms with van der Waals surface area (Å²) in [7, 11) is 3.74. The Morgan fingerprint density at radius 1 is 1.10 bits per heavy atom. The summed E-state index contributed by atoms with van der Waals surface area (Å²) in [6.07, 6.45) is 0.0550. The standard InChI is InChI=1S/C24H34FN3O3/c1-27-11-13-28(14-12-27)17-21(29)18-31-24-15-22(30-2)8-7-20(24)16-26-10-9-19-5-3-4-6-23(19)25/h3-8,15,21,26,29H,9-14,16-18H2,1-2H3/t21-/m0/s1. The molecule has 1 aliphatic heterocycles. The molecule has 0 bridgehead atoms. The number of hydrogen-bond acceptors (Lipinski definition) is 6. The van der Waals surface area contributed by atoms with Crippen LogP contribution in [0.4, 0.5) is 4.39 Å². The number of nitrogens with zero attached hydrogens (tertiary/aromatic N) is 2. The van der Waals surface area contributed by atoms with Crippen molar-refractivity contribution < 1.29 is 19.0 Å². The Bertz CT molecular complexity index is 812. The number of aliphatic hydroxyl groups excluding tert-OH is 1. The highest BCUT2D eigenvalue weighted by Crippen LogP contribution is 2.25. The summed E-state index contributed by atoms with van der Waals surface area (Å²) < 4.78 is 25.1. The zero-order chi connectivity index (χ0) is 22.1. The van der Waals surface area contributed by atoms with Crippen molar-refractivity contribution in [3.63, 3.8) is 0 Å². The third-order valence-electron chi connectivity index (χ3n) is 5.61. The van der Waals surface area contributed by atoms with Gasteiger partial charge in [-0.2, -0.15) is 0 Å². The van der Waals surface area contributed by atoms with Crippen LogP contribution in [0.1, 0.15) is 11.1 Å². The molecule has 0 spiro atoms. The van der Waals surface area contributed by atoms with Crippen LogP contribution in [0.15, 0.2) is 42.5 Å². The zero-order valence-corrected chi connectivity index (χ0v) is 18.5. The molecule has 1 saturated heterocycles. The number of benzene rings is 2. The molecule has 31 heavy (non-hydrogen) atoms. The smallest absolute Gasteiger partial charge is 0.127 e. The van der Waals surface area contributed by atoms with Gasteiger partial charge in [-0.1, -0.05) is 24.3 Å². The molecule has 0 amide bonds. The number of likely N-dealkylation sites (N-methyl/N-ethyl adjacent to an activating group) is 1. The molecule has 1 atom stereocenters. The van der Waals surface area contributed by atoms with Gasteiger partial charge in [0.05, 0.1) is 7.11 Å². The van der Waals surface area contributed by atoms with E-state index in [2.05, 4.69) is 22.2 Å². The first kappa shape index (κ1) is 23.5. The van der Waals surface area contributed by atoms with Crippen molar-refractivity contribution in [2.75, 3.05) is 60.0 Å². The molecule has 0 aromatic heterocycles. The molecule has 3 rings (SSSR count). The van der Waals surface area contributed by atoms with Crippen LogP contribution in [0.5, 0.6) is 11.5 Å². The fourth-order valence-electron chi connectivity index (χ4n) is 3.66. The molecule has 1 fully saturated rings. The first-order chi connectivity index (χ1) is 15.0. The van der Waals surface area contributed by atoms with Crippen molar-refractivity contribution in [1.82, 2.24) is 15.1 Å². The predicted octanol–water partition coefficient (Wildman–Crippen LogP) is 2.15. The summed E-state index contributed by atoms with van der Waals surface area (Å²) >= 11 is 0. The molecule has 2 N–H and O–H groups in total. The van der Waals surface area contributed by atoms with E-state index in [1.54, 1.807) is 19.2 Å². The number of halogens is 1. The number of nitrogens with one attached hydrogen (secondary N) is 1. The van der Waals surface area contributed by atoms with Gasteiger partial charge in [-0.3, -0.25) is 4.90 Å². The molecule has 7 heteroatoms. The van der Waals surface area contributed by atoms with Crippen LogP contribution >= 0.6 is 0 Å². The summed E-state index contributed by atoms with van der Waals surface area (Å²) in [5, 5.41) is 13.8. The van der Waals surface area contributed by atoms with Crippen LogP contribution in [0.2, 0.25) is 0 Å². The Hall–Kier alpha value is -2.19. The van der Waals surface area contributed by atoms with Gasteiger partial charge >= 0.3 is 0 Å². The van der Waals surface area contributed by atoms with E-state index >= 15 is 0 Å². The summed E-state index contributed by atoms with van der Waals surface area (Å²) in [6.45, 7) is 6.03. The zero-order valence-electron chi connectivity index (χ0n) is 18.5. The number of methoxy groups -OCH3 is 1. The average molecular weight is 432 g/mol. The molecule has 0 unspecified atom stereocenters. The lowest BCUT2D eigenvalue weighted by Crippen LogP contribution is -2.47. The van der Waals surface area contributed by atoms with Crippen molar-refractivity contribution >= 4 is 0 Å². The van der Waals surface area contributed by atoms with E-state index in [9.17, 15) is 9.50 Å². The maximum atomic E-state index is 13.8. The molecule has 0 saturated carbocycles. The third-order valence-corrected chi connectivity index (χ3v) is 5.61. The quantitative estimate of drug-likeness (QED) is 0.532. The molecule has 170 valence electrons. The molecule has 2 aromatic rings. The van der Waals surface area contributed by atoms with Crippen LogP contribution in [-0.4, -0.2) is 81.0 Å². The minimum Gasteiger partial charge on any atom is -0.497 e. The summed E-state index contributed by atoms with van der Waals surface area (Å²) in [5.74, 6) is 1.22. The highest BCUT2D eigenvalue weighted by Gasteiger charge is 2.18. The highest BCUT2D eigenvalue weighted by atomic mass is 19.1. The molecule has 0 aliphatic carbocycles. The van der Waals surface area contributed by atoms with E-state index < -0.39 is 6.10 Å². The van der Waals surface area contributed by atoms with E-state index in [1.165, 1.54) is 6.07 Å². The van der Waals surface area contributed by atoms with E-state index in [1.807, 2.05) is 24.3 Å². The summed E-state index contributed by atoms with van der Waals surface area (Å²) in [6, 6.07) is 12.5. The second-order valence-corrected chi connectivity index (χ2v) is 8.06. The summed E-state index contributed by atoms with van der Waals surface area (Å²) in [4.78, 5) is 4.56. The molecular formula is C24H34FN3O3. The van der Waals surface area contributed by atoms with Gasteiger partial charge in [0.25, 0.3) is 0 Å². The average Bonchev–Trinajstić information content (AvgIpc) is 2.78. The Labute approximate surface area is 184 Å². The molecule has 1 heterocycles. The first-order valence-corrected chi connectivity index (χ1v) is 10.9. The largest absolute Gasteiger partial charge is 0.497 e. The van der Waals surface area contributed by atoms with Crippen molar-refractivity contribution in [3.8, 4) is 11.5 Å². The highest BCUT2D eigenvalue weighted by molar-refractivity contribution is 5.40. The number of piperazine rings is 1. The lowest BCUT2D eigenvalue weighted by Gasteiger charge is -2.33. The number of rotatable bonds is 11. The number of aliphatic hydroxyl groups is 1. The second kappa shape index (κ2) is 12.0. The molecule has 0 radical (unpaired) electrons. The van der Waals surface area contributed by atoms with Gasteiger partial charge in [-0.15, -0.1) is 0 Å². The maximum absolute atomic E-state index is 13.8. The molecule has 6 nitrogen and oxygen atoms in total. The van der Waals surface area contributed by atoms with Crippen molar-refractivity contribution in [2.24, 2.45) is 0 Å².